The summed E-state index contributed by atoms with van der Waals surface area (Å²) in [5, 5.41) is 17.0. The molecular weight excluding hydrogens is 449 g/mol. The molecular formula is C23H33ClFN5O3. The number of rotatable bonds is 5. The van der Waals surface area contributed by atoms with E-state index in [0.29, 0.717) is 11.3 Å². The predicted molar refractivity (Wildman–Crippen MR) is 126 cm³/mol. The van der Waals surface area contributed by atoms with E-state index in [1.165, 1.54) is 15.8 Å². The largest absolute Gasteiger partial charge is 0.391 e. The van der Waals surface area contributed by atoms with Crippen LogP contribution in [0.4, 0.5) is 4.39 Å². The van der Waals surface area contributed by atoms with Gasteiger partial charge in [0, 0.05) is 25.6 Å². The molecule has 0 bridgehead atoms. The summed E-state index contributed by atoms with van der Waals surface area (Å²) < 4.78 is 15.4. The molecule has 4 N–H and O–H groups in total. The van der Waals surface area contributed by atoms with Crippen LogP contribution < -0.4 is 11.1 Å². The van der Waals surface area contributed by atoms with E-state index in [-0.39, 0.29) is 43.2 Å². The van der Waals surface area contributed by atoms with E-state index in [0.717, 1.165) is 5.56 Å². The first-order valence-corrected chi connectivity index (χ1v) is 10.7. The number of benzene rings is 1. The van der Waals surface area contributed by atoms with Crippen LogP contribution in [0.3, 0.4) is 0 Å². The number of aliphatic hydroxyl groups excluding tert-OH is 1. The van der Waals surface area contributed by atoms with Crippen LogP contribution >= 0.6 is 12.4 Å². The maximum absolute atomic E-state index is 14.0. The molecule has 2 amide bonds. The van der Waals surface area contributed by atoms with Crippen LogP contribution in [-0.4, -0.2) is 56.3 Å². The topological polar surface area (TPSA) is 113 Å². The molecule has 8 nitrogen and oxygen atoms in total. The molecule has 33 heavy (non-hydrogen) atoms. The van der Waals surface area contributed by atoms with Gasteiger partial charge in [-0.2, -0.15) is 5.10 Å². The maximum Gasteiger partial charge on any atom is 0.243 e. The lowest BCUT2D eigenvalue weighted by atomic mass is 9.86. The second kappa shape index (κ2) is 10.2. The Labute approximate surface area is 199 Å². The normalized spacial score (nSPS) is 20.2. The Balaban J connectivity index is 0.00000385. The monoisotopic (exact) mass is 481 g/mol. The summed E-state index contributed by atoms with van der Waals surface area (Å²) in [4.78, 5) is 27.3. The highest BCUT2D eigenvalue weighted by atomic mass is 35.5. The summed E-state index contributed by atoms with van der Waals surface area (Å²) in [6.45, 7) is 7.50. The molecule has 1 saturated heterocycles. The molecule has 1 aliphatic rings. The van der Waals surface area contributed by atoms with E-state index in [9.17, 15) is 19.1 Å². The van der Waals surface area contributed by atoms with Gasteiger partial charge in [0.1, 0.15) is 11.7 Å². The van der Waals surface area contributed by atoms with Gasteiger partial charge in [0.25, 0.3) is 0 Å². The highest BCUT2D eigenvalue weighted by molar-refractivity contribution is 5.91. The van der Waals surface area contributed by atoms with Crippen molar-refractivity contribution >= 4 is 24.2 Å². The lowest BCUT2D eigenvalue weighted by Crippen LogP contribution is -2.55. The van der Waals surface area contributed by atoms with Gasteiger partial charge in [-0.1, -0.05) is 45.0 Å². The Morgan fingerprint density at radius 1 is 1.27 bits per heavy atom. The molecule has 1 aromatic heterocycles. The van der Waals surface area contributed by atoms with Gasteiger partial charge >= 0.3 is 0 Å². The summed E-state index contributed by atoms with van der Waals surface area (Å²) >= 11 is 0. The zero-order valence-corrected chi connectivity index (χ0v) is 20.4. The lowest BCUT2D eigenvalue weighted by molar-refractivity contribution is -0.141. The molecule has 2 aromatic rings. The van der Waals surface area contributed by atoms with Gasteiger partial charge in [0.05, 0.1) is 24.4 Å². The predicted octanol–water partition coefficient (Wildman–Crippen LogP) is 2.16. The molecule has 1 fully saturated rings. The number of hydrogen-bond donors (Lipinski definition) is 3. The number of aliphatic hydroxyl groups is 1. The zero-order valence-electron chi connectivity index (χ0n) is 19.6. The van der Waals surface area contributed by atoms with Crippen molar-refractivity contribution < 1.29 is 19.1 Å². The van der Waals surface area contributed by atoms with Gasteiger partial charge in [-0.05, 0) is 17.9 Å². The number of amides is 2. The quantitative estimate of drug-likeness (QED) is 0.605. The minimum absolute atomic E-state index is 0. The smallest absolute Gasteiger partial charge is 0.243 e. The fourth-order valence-electron chi connectivity index (χ4n) is 3.91. The van der Waals surface area contributed by atoms with E-state index in [1.807, 2.05) is 39.8 Å². The van der Waals surface area contributed by atoms with Crippen molar-refractivity contribution in [3.63, 3.8) is 0 Å². The van der Waals surface area contributed by atoms with Gasteiger partial charge in [-0.25, -0.2) is 4.39 Å². The minimum atomic E-state index is -0.781. The number of aromatic nitrogens is 2. The van der Waals surface area contributed by atoms with E-state index in [2.05, 4.69) is 10.4 Å². The third-order valence-corrected chi connectivity index (χ3v) is 6.00. The molecule has 182 valence electrons. The summed E-state index contributed by atoms with van der Waals surface area (Å²) in [6.07, 6.45) is 0.561. The molecule has 1 aromatic carbocycles. The second-order valence-electron chi connectivity index (χ2n) is 9.56. The van der Waals surface area contributed by atoms with Crippen molar-refractivity contribution in [2.45, 2.75) is 58.3 Å². The highest BCUT2D eigenvalue weighted by Gasteiger charge is 2.42. The highest BCUT2D eigenvalue weighted by Crippen LogP contribution is 2.27. The number of nitrogens with zero attached hydrogens (tertiary/aromatic N) is 3. The fraction of sp³-hybridized carbons (Fsp3) is 0.522. The first-order chi connectivity index (χ1) is 14.9. The number of hydrogen-bond acceptors (Lipinski definition) is 5. The molecule has 0 saturated carbocycles. The van der Waals surface area contributed by atoms with Crippen molar-refractivity contribution in [2.75, 3.05) is 6.54 Å². The SMILES string of the molecule is C[C@H](NC(=O)[C@@H]1C[C@@H](O)CN1C(=O)[C@@H](N)C(C)(C)C)c1ccc(-c2c(F)cnn2C)cc1.Cl. The van der Waals surface area contributed by atoms with Crippen LogP contribution in [0.2, 0.25) is 0 Å². The van der Waals surface area contributed by atoms with Gasteiger partial charge in [0.15, 0.2) is 5.82 Å². The molecule has 0 spiro atoms. The van der Waals surface area contributed by atoms with Crippen molar-refractivity contribution in [3.8, 4) is 11.3 Å². The Morgan fingerprint density at radius 2 is 1.88 bits per heavy atom. The average molecular weight is 482 g/mol. The van der Waals surface area contributed by atoms with Gasteiger partial charge < -0.3 is 21.1 Å². The Kier molecular flexibility index (Phi) is 8.27. The third-order valence-electron chi connectivity index (χ3n) is 6.00. The second-order valence-corrected chi connectivity index (χ2v) is 9.56. The van der Waals surface area contributed by atoms with Gasteiger partial charge in [0.2, 0.25) is 11.8 Å². The van der Waals surface area contributed by atoms with Gasteiger partial charge in [-0.15, -0.1) is 12.4 Å². The summed E-state index contributed by atoms with van der Waals surface area (Å²) in [5.74, 6) is -1.09. The number of likely N-dealkylation sites (tertiary alicyclic amines) is 1. The molecule has 1 aliphatic heterocycles. The standard InChI is InChI=1S/C23H32FN5O3.ClH/c1-13(14-6-8-15(9-7-14)19-17(24)11-26-28(19)5)27-21(31)18-10-16(30)12-29(18)22(32)20(25)23(2,3)4;/h6-9,11,13,16,18,20,30H,10,12,25H2,1-5H3,(H,27,31);1H/t13-,16+,18-,20+;/m0./s1. The average Bonchev–Trinajstić information content (AvgIpc) is 3.28. The van der Waals surface area contributed by atoms with Crippen molar-refractivity contribution in [3.05, 3.63) is 41.8 Å². The number of aryl methyl sites for hydroxylation is 1. The summed E-state index contributed by atoms with van der Waals surface area (Å²) in [5.41, 5.74) is 7.54. The zero-order chi connectivity index (χ0) is 23.8. The van der Waals surface area contributed by atoms with Crippen molar-refractivity contribution in [1.82, 2.24) is 20.0 Å². The Hall–Kier alpha value is -2.49. The first kappa shape index (κ1) is 26.8. The maximum atomic E-state index is 14.0. The number of nitrogens with two attached hydrogens (primary N) is 1. The molecule has 3 rings (SSSR count). The van der Waals surface area contributed by atoms with Crippen LogP contribution in [0.15, 0.2) is 30.5 Å². The molecule has 0 aliphatic carbocycles. The van der Waals surface area contributed by atoms with E-state index in [1.54, 1.807) is 19.2 Å². The number of halogens is 2. The van der Waals surface area contributed by atoms with Crippen LogP contribution in [0.1, 0.15) is 45.7 Å². The Bertz CT molecular complexity index is 969. The number of β-amino-alcohol motifs (C(OH)–C–C–N with tert-alkyl or cyclic N) is 1. The van der Waals surface area contributed by atoms with E-state index in [4.69, 9.17) is 5.73 Å². The first-order valence-electron chi connectivity index (χ1n) is 10.7. The van der Waals surface area contributed by atoms with Crippen molar-refractivity contribution in [1.29, 1.82) is 0 Å². The van der Waals surface area contributed by atoms with Crippen LogP contribution in [0.25, 0.3) is 11.3 Å². The molecule has 2 heterocycles. The van der Waals surface area contributed by atoms with Crippen LogP contribution in [-0.2, 0) is 16.6 Å². The van der Waals surface area contributed by atoms with Crippen LogP contribution in [0, 0.1) is 11.2 Å². The molecule has 0 radical (unpaired) electrons. The van der Waals surface area contributed by atoms with Crippen molar-refractivity contribution in [2.24, 2.45) is 18.2 Å². The fourth-order valence-corrected chi connectivity index (χ4v) is 3.91. The summed E-state index contributed by atoms with van der Waals surface area (Å²) in [6, 6.07) is 5.27. The molecule has 0 unspecified atom stereocenters. The molecule has 4 atom stereocenters. The van der Waals surface area contributed by atoms with Gasteiger partial charge in [-0.3, -0.25) is 14.3 Å². The van der Waals surface area contributed by atoms with E-state index < -0.39 is 29.4 Å². The number of carbonyl (C=O) groups excluding carboxylic acids is 2. The van der Waals surface area contributed by atoms with E-state index >= 15 is 0 Å². The number of carbonyl (C=O) groups is 2. The Morgan fingerprint density at radius 3 is 2.39 bits per heavy atom. The lowest BCUT2D eigenvalue weighted by Gasteiger charge is -2.32. The summed E-state index contributed by atoms with van der Waals surface area (Å²) in [7, 11) is 1.67. The minimum Gasteiger partial charge on any atom is -0.391 e. The third kappa shape index (κ3) is 5.72. The van der Waals surface area contributed by atoms with Crippen LogP contribution in [0.5, 0.6) is 0 Å². The molecule has 10 heteroatoms. The number of nitrogens with one attached hydrogen (secondary N) is 1.